The molecule has 1 amide bonds. The number of imidazole rings is 1. The SMILES string of the molecule is CP(=O)(O)O[C@H]1C[C@H](n2cnc3c(NC(=O)c4ccccc4)ncnc32)O[C@@H]1CO. The summed E-state index contributed by atoms with van der Waals surface area (Å²) in [5, 5.41) is 12.3. The predicted octanol–water partition coefficient (Wildman–Crippen LogP) is 1.56. The lowest BCUT2D eigenvalue weighted by Gasteiger charge is -2.17. The minimum absolute atomic E-state index is 0.213. The summed E-state index contributed by atoms with van der Waals surface area (Å²) < 4.78 is 24.2. The van der Waals surface area contributed by atoms with E-state index in [1.165, 1.54) is 12.7 Å². The van der Waals surface area contributed by atoms with Crippen LogP contribution in [0.25, 0.3) is 11.2 Å². The van der Waals surface area contributed by atoms with Crippen molar-refractivity contribution in [3.63, 3.8) is 0 Å². The predicted molar refractivity (Wildman–Crippen MR) is 106 cm³/mol. The second-order valence-electron chi connectivity index (χ2n) is 6.86. The van der Waals surface area contributed by atoms with Crippen LogP contribution in [-0.2, 0) is 13.8 Å². The molecule has 1 aliphatic heterocycles. The van der Waals surface area contributed by atoms with Gasteiger partial charge in [-0.2, -0.15) is 0 Å². The molecule has 30 heavy (non-hydrogen) atoms. The molecule has 158 valence electrons. The Kier molecular flexibility index (Phi) is 5.63. The van der Waals surface area contributed by atoms with Gasteiger partial charge in [0.2, 0.25) is 0 Å². The number of hydrogen-bond acceptors (Lipinski definition) is 8. The smallest absolute Gasteiger partial charge is 0.325 e. The largest absolute Gasteiger partial charge is 0.394 e. The third-order valence-electron chi connectivity index (χ3n) is 4.63. The van der Waals surface area contributed by atoms with Gasteiger partial charge in [0.1, 0.15) is 18.7 Å². The number of nitrogens with zero attached hydrogens (tertiary/aromatic N) is 4. The summed E-state index contributed by atoms with van der Waals surface area (Å²) in [4.78, 5) is 34.6. The first kappa shape index (κ1) is 20.6. The maximum Gasteiger partial charge on any atom is 0.325 e. The van der Waals surface area contributed by atoms with E-state index in [0.29, 0.717) is 16.7 Å². The Morgan fingerprint density at radius 1 is 1.33 bits per heavy atom. The van der Waals surface area contributed by atoms with Crippen LogP contribution >= 0.6 is 7.60 Å². The quantitative estimate of drug-likeness (QED) is 0.492. The Balaban J connectivity index is 1.59. The fourth-order valence-electron chi connectivity index (χ4n) is 3.32. The fraction of sp³-hybridized carbons (Fsp3) is 0.333. The summed E-state index contributed by atoms with van der Waals surface area (Å²) in [5.41, 5.74) is 1.24. The van der Waals surface area contributed by atoms with Gasteiger partial charge < -0.3 is 24.6 Å². The lowest BCUT2D eigenvalue weighted by molar-refractivity contribution is -0.0402. The summed E-state index contributed by atoms with van der Waals surface area (Å²) >= 11 is 0. The molecule has 2 aromatic heterocycles. The van der Waals surface area contributed by atoms with Crippen LogP contribution in [0.3, 0.4) is 0 Å². The number of hydrogen-bond donors (Lipinski definition) is 3. The second-order valence-corrected chi connectivity index (χ2v) is 8.68. The van der Waals surface area contributed by atoms with Crippen molar-refractivity contribution in [1.82, 2.24) is 19.5 Å². The molecule has 11 nitrogen and oxygen atoms in total. The third kappa shape index (κ3) is 4.25. The van der Waals surface area contributed by atoms with Crippen LogP contribution in [0.15, 0.2) is 43.0 Å². The van der Waals surface area contributed by atoms with Gasteiger partial charge in [0.25, 0.3) is 5.91 Å². The van der Waals surface area contributed by atoms with Gasteiger partial charge in [-0.25, -0.2) is 15.0 Å². The first-order valence-corrected chi connectivity index (χ1v) is 11.2. The van der Waals surface area contributed by atoms with Crippen molar-refractivity contribution in [2.24, 2.45) is 0 Å². The zero-order valence-electron chi connectivity index (χ0n) is 16.0. The maximum atomic E-state index is 12.5. The van der Waals surface area contributed by atoms with E-state index in [1.54, 1.807) is 28.8 Å². The van der Waals surface area contributed by atoms with Crippen molar-refractivity contribution in [2.45, 2.75) is 24.9 Å². The van der Waals surface area contributed by atoms with Crippen LogP contribution in [0, 0.1) is 0 Å². The van der Waals surface area contributed by atoms with E-state index in [1.807, 2.05) is 6.07 Å². The molecular formula is C18H20N5O6P. The highest BCUT2D eigenvalue weighted by Gasteiger charge is 2.40. The van der Waals surface area contributed by atoms with E-state index >= 15 is 0 Å². The Bertz CT molecular complexity index is 1100. The molecule has 4 rings (SSSR count). The highest BCUT2D eigenvalue weighted by atomic mass is 31.2. The number of aliphatic hydroxyl groups excluding tert-OH is 1. The molecule has 1 aliphatic rings. The van der Waals surface area contributed by atoms with Crippen molar-refractivity contribution in [1.29, 1.82) is 0 Å². The van der Waals surface area contributed by atoms with Gasteiger partial charge in [-0.1, -0.05) is 18.2 Å². The number of rotatable bonds is 6. The lowest BCUT2D eigenvalue weighted by Crippen LogP contribution is -2.26. The van der Waals surface area contributed by atoms with Crippen LogP contribution in [0.5, 0.6) is 0 Å². The van der Waals surface area contributed by atoms with Gasteiger partial charge in [0, 0.05) is 18.6 Å². The van der Waals surface area contributed by atoms with Crippen LogP contribution in [-0.4, -0.2) is 60.9 Å². The summed E-state index contributed by atoms with van der Waals surface area (Å²) in [6.45, 7) is 0.706. The van der Waals surface area contributed by atoms with Gasteiger partial charge in [0.15, 0.2) is 17.0 Å². The number of anilines is 1. The minimum atomic E-state index is -3.76. The number of carbonyl (C=O) groups is 1. The van der Waals surface area contributed by atoms with E-state index in [9.17, 15) is 19.4 Å². The van der Waals surface area contributed by atoms with Crippen LogP contribution in [0.4, 0.5) is 5.82 Å². The molecule has 0 spiro atoms. The van der Waals surface area contributed by atoms with Crippen molar-refractivity contribution >= 4 is 30.5 Å². The minimum Gasteiger partial charge on any atom is -0.394 e. The van der Waals surface area contributed by atoms with Crippen LogP contribution in [0.2, 0.25) is 0 Å². The van der Waals surface area contributed by atoms with Gasteiger partial charge in [-0.15, -0.1) is 0 Å². The second kappa shape index (κ2) is 8.21. The summed E-state index contributed by atoms with van der Waals surface area (Å²) in [6.07, 6.45) is 0.816. The Hall–Kier alpha value is -2.69. The number of fused-ring (bicyclic) bond motifs is 1. The molecule has 12 heteroatoms. The average Bonchev–Trinajstić information content (AvgIpc) is 3.31. The lowest BCUT2D eigenvalue weighted by atomic mass is 10.2. The van der Waals surface area contributed by atoms with Gasteiger partial charge in [-0.3, -0.25) is 13.9 Å². The van der Waals surface area contributed by atoms with E-state index in [4.69, 9.17) is 9.26 Å². The number of aliphatic hydroxyl groups is 1. The molecule has 1 unspecified atom stereocenters. The molecule has 0 radical (unpaired) electrons. The number of benzene rings is 1. The molecule has 4 atom stereocenters. The van der Waals surface area contributed by atoms with E-state index < -0.39 is 26.0 Å². The Morgan fingerprint density at radius 2 is 2.10 bits per heavy atom. The highest BCUT2D eigenvalue weighted by Crippen LogP contribution is 2.44. The molecule has 1 fully saturated rings. The highest BCUT2D eigenvalue weighted by molar-refractivity contribution is 7.51. The normalized spacial score (nSPS) is 23.4. The van der Waals surface area contributed by atoms with Crippen molar-refractivity contribution in [2.75, 3.05) is 18.6 Å². The number of carbonyl (C=O) groups excluding carboxylic acids is 1. The molecular weight excluding hydrogens is 413 g/mol. The zero-order valence-corrected chi connectivity index (χ0v) is 16.8. The summed E-state index contributed by atoms with van der Waals surface area (Å²) in [5.74, 6) is -0.0942. The maximum absolute atomic E-state index is 12.5. The van der Waals surface area contributed by atoms with Crippen molar-refractivity contribution in [3.05, 3.63) is 48.5 Å². The first-order valence-electron chi connectivity index (χ1n) is 9.14. The molecule has 0 bridgehead atoms. The standard InChI is InChI=1S/C18H20N5O6P/c1-30(26,27)29-12-7-14(28-13(12)8-24)23-10-21-15-16(19-9-20-17(15)23)22-18(25)11-5-3-2-4-6-11/h2-6,9-10,12-14,24H,7-8H2,1H3,(H,26,27)(H,19,20,22,25)/t12-,13+,14+/m0/s1. The first-order chi connectivity index (χ1) is 14.4. The molecule has 1 saturated heterocycles. The topological polar surface area (TPSA) is 149 Å². The number of amides is 1. The van der Waals surface area contributed by atoms with Crippen LogP contribution < -0.4 is 5.32 Å². The fourth-order valence-corrected chi connectivity index (χ4v) is 4.04. The van der Waals surface area contributed by atoms with E-state index in [0.717, 1.165) is 6.66 Å². The molecule has 0 aliphatic carbocycles. The Morgan fingerprint density at radius 3 is 2.80 bits per heavy atom. The van der Waals surface area contributed by atoms with E-state index in [2.05, 4.69) is 20.3 Å². The van der Waals surface area contributed by atoms with Gasteiger partial charge in [0.05, 0.1) is 19.0 Å². The molecule has 3 aromatic rings. The molecule has 3 N–H and O–H groups in total. The number of ether oxygens (including phenoxy) is 1. The van der Waals surface area contributed by atoms with Gasteiger partial charge in [-0.05, 0) is 12.1 Å². The number of nitrogens with one attached hydrogen (secondary N) is 1. The van der Waals surface area contributed by atoms with Crippen molar-refractivity contribution < 1.29 is 28.6 Å². The molecule has 3 heterocycles. The average molecular weight is 433 g/mol. The number of aromatic nitrogens is 4. The third-order valence-corrected chi connectivity index (χ3v) is 5.29. The van der Waals surface area contributed by atoms with Gasteiger partial charge >= 0.3 is 7.60 Å². The Labute approximate surface area is 171 Å². The summed E-state index contributed by atoms with van der Waals surface area (Å²) in [6, 6.07) is 8.69. The summed E-state index contributed by atoms with van der Waals surface area (Å²) in [7, 11) is -3.76. The molecule has 1 aromatic carbocycles. The molecule has 0 saturated carbocycles. The van der Waals surface area contributed by atoms with Crippen molar-refractivity contribution in [3.8, 4) is 0 Å². The zero-order chi connectivity index (χ0) is 21.3. The van der Waals surface area contributed by atoms with Crippen LogP contribution in [0.1, 0.15) is 23.0 Å². The van der Waals surface area contributed by atoms with E-state index in [-0.39, 0.29) is 24.8 Å². The monoisotopic (exact) mass is 433 g/mol.